The van der Waals surface area contributed by atoms with Gasteiger partial charge in [-0.25, -0.2) is 4.39 Å². The van der Waals surface area contributed by atoms with Crippen LogP contribution in [0.3, 0.4) is 0 Å². The van der Waals surface area contributed by atoms with Crippen LogP contribution in [0.4, 0.5) is 10.1 Å². The minimum atomic E-state index is -0.872. The molecule has 8 heteroatoms. The minimum Gasteiger partial charge on any atom is -0.399 e. The fraction of sp³-hybridized carbons (Fsp3) is 0.429. The van der Waals surface area contributed by atoms with Crippen LogP contribution in [0.5, 0.6) is 0 Å². The molecular weight excluding hydrogens is 374 g/mol. The van der Waals surface area contributed by atoms with Gasteiger partial charge in [-0.15, -0.1) is 0 Å². The highest BCUT2D eigenvalue weighted by atomic mass is 19.1. The molecule has 6 nitrogen and oxygen atoms in total. The molecule has 2 aliphatic rings. The summed E-state index contributed by atoms with van der Waals surface area (Å²) in [5.41, 5.74) is 0.188. The van der Waals surface area contributed by atoms with Gasteiger partial charge in [-0.3, -0.25) is 9.78 Å². The summed E-state index contributed by atoms with van der Waals surface area (Å²) in [6.45, 7) is 8.46. The topological polar surface area (TPSA) is 69.7 Å². The molecule has 3 heterocycles. The van der Waals surface area contributed by atoms with Crippen LogP contribution in [-0.2, 0) is 24.3 Å². The monoisotopic (exact) mass is 398 g/mol. The zero-order valence-electron chi connectivity index (χ0n) is 17.0. The number of hydrogen-bond donors (Lipinski definition) is 1. The largest absolute Gasteiger partial charge is 0.496 e. The predicted octanol–water partition coefficient (Wildman–Crippen LogP) is 2.43. The smallest absolute Gasteiger partial charge is 0.399 e. The second-order valence-corrected chi connectivity index (χ2v) is 8.60. The molecule has 1 amide bonds. The van der Waals surface area contributed by atoms with Crippen LogP contribution in [0.25, 0.3) is 0 Å². The van der Waals surface area contributed by atoms with Gasteiger partial charge in [0.2, 0.25) is 5.91 Å². The van der Waals surface area contributed by atoms with Gasteiger partial charge >= 0.3 is 7.12 Å². The maximum absolute atomic E-state index is 13.1. The second kappa shape index (κ2) is 6.90. The number of amides is 1. The van der Waals surface area contributed by atoms with Crippen LogP contribution in [0.15, 0.2) is 42.6 Å². The number of carbonyl (C=O) groups is 1. The van der Waals surface area contributed by atoms with Crippen molar-refractivity contribution in [1.82, 2.24) is 4.98 Å². The summed E-state index contributed by atoms with van der Waals surface area (Å²) in [5, 5.41) is 2.83. The number of benzene rings is 1. The Hall–Kier alpha value is -2.29. The van der Waals surface area contributed by atoms with Crippen LogP contribution in [0, 0.1) is 5.82 Å². The highest BCUT2D eigenvalue weighted by Gasteiger charge is 2.52. The van der Waals surface area contributed by atoms with Gasteiger partial charge < -0.3 is 19.4 Å². The average Bonchev–Trinajstić information content (AvgIpc) is 2.84. The van der Waals surface area contributed by atoms with E-state index in [0.717, 1.165) is 5.46 Å². The van der Waals surface area contributed by atoms with E-state index in [4.69, 9.17) is 14.0 Å². The Morgan fingerprint density at radius 2 is 1.66 bits per heavy atom. The predicted molar refractivity (Wildman–Crippen MR) is 107 cm³/mol. The van der Waals surface area contributed by atoms with Crippen molar-refractivity contribution < 1.29 is 23.2 Å². The Kier molecular flexibility index (Phi) is 4.76. The van der Waals surface area contributed by atoms with Gasteiger partial charge in [0.05, 0.1) is 30.1 Å². The SMILES string of the molecule is CC1(C)OB(c2ccc(C3(C(=O)Nc4ccc(F)cc4)COC3)nc2)OC1(C)C. The van der Waals surface area contributed by atoms with Gasteiger partial charge in [0.1, 0.15) is 11.2 Å². The molecule has 0 atom stereocenters. The molecule has 0 spiro atoms. The lowest BCUT2D eigenvalue weighted by atomic mass is 9.77. The van der Waals surface area contributed by atoms with Gasteiger partial charge in [0.15, 0.2) is 0 Å². The average molecular weight is 398 g/mol. The number of aromatic nitrogens is 1. The van der Waals surface area contributed by atoms with Gasteiger partial charge in [-0.1, -0.05) is 6.07 Å². The summed E-state index contributed by atoms with van der Waals surface area (Å²) < 4.78 is 30.6. The molecule has 1 aromatic heterocycles. The zero-order valence-corrected chi connectivity index (χ0v) is 17.0. The molecular formula is C21H24BFN2O4. The van der Waals surface area contributed by atoms with E-state index < -0.39 is 23.7 Å². The second-order valence-electron chi connectivity index (χ2n) is 8.60. The number of rotatable bonds is 4. The van der Waals surface area contributed by atoms with E-state index in [9.17, 15) is 9.18 Å². The maximum atomic E-state index is 13.1. The Morgan fingerprint density at radius 3 is 2.14 bits per heavy atom. The van der Waals surface area contributed by atoms with Crippen molar-refractivity contribution in [2.45, 2.75) is 44.3 Å². The summed E-state index contributed by atoms with van der Waals surface area (Å²) in [4.78, 5) is 17.5. The van der Waals surface area contributed by atoms with Crippen molar-refractivity contribution >= 4 is 24.2 Å². The van der Waals surface area contributed by atoms with Gasteiger partial charge in [0.25, 0.3) is 0 Å². The number of hydrogen-bond acceptors (Lipinski definition) is 5. The molecule has 4 rings (SSSR count). The number of ether oxygens (including phenoxy) is 1. The van der Waals surface area contributed by atoms with Crippen molar-refractivity contribution in [3.63, 3.8) is 0 Å². The zero-order chi connectivity index (χ0) is 20.9. The van der Waals surface area contributed by atoms with E-state index in [0.29, 0.717) is 11.4 Å². The quantitative estimate of drug-likeness (QED) is 0.802. The van der Waals surface area contributed by atoms with Gasteiger partial charge in [0, 0.05) is 17.3 Å². The molecule has 0 aliphatic carbocycles. The molecule has 0 unspecified atom stereocenters. The van der Waals surface area contributed by atoms with Crippen molar-refractivity contribution in [2.24, 2.45) is 0 Å². The first-order chi connectivity index (χ1) is 13.6. The Morgan fingerprint density at radius 1 is 1.03 bits per heavy atom. The van der Waals surface area contributed by atoms with E-state index in [2.05, 4.69) is 10.3 Å². The minimum absolute atomic E-state index is 0.230. The van der Waals surface area contributed by atoms with Crippen LogP contribution >= 0.6 is 0 Å². The summed E-state index contributed by atoms with van der Waals surface area (Å²) in [6, 6.07) is 9.34. The third-order valence-electron chi connectivity index (χ3n) is 6.04. The summed E-state index contributed by atoms with van der Waals surface area (Å²) in [5.74, 6) is -0.587. The molecule has 2 aromatic rings. The third kappa shape index (κ3) is 3.45. The molecule has 2 fully saturated rings. The summed E-state index contributed by atoms with van der Waals surface area (Å²) in [7, 11) is -0.511. The molecule has 0 saturated carbocycles. The van der Waals surface area contributed by atoms with E-state index in [1.165, 1.54) is 24.3 Å². The molecule has 29 heavy (non-hydrogen) atoms. The van der Waals surface area contributed by atoms with Crippen molar-refractivity contribution in [1.29, 1.82) is 0 Å². The van der Waals surface area contributed by atoms with E-state index >= 15 is 0 Å². The highest BCUT2D eigenvalue weighted by Crippen LogP contribution is 2.37. The number of pyridine rings is 1. The van der Waals surface area contributed by atoms with Crippen LogP contribution in [0.1, 0.15) is 33.4 Å². The molecule has 2 aliphatic heterocycles. The number of carbonyl (C=O) groups excluding carboxylic acids is 1. The molecule has 2 saturated heterocycles. The van der Waals surface area contributed by atoms with Crippen LogP contribution < -0.4 is 10.8 Å². The Balaban J connectivity index is 1.52. The number of nitrogens with one attached hydrogen (secondary N) is 1. The lowest BCUT2D eigenvalue weighted by molar-refractivity contribution is -0.140. The first-order valence-electron chi connectivity index (χ1n) is 9.60. The maximum Gasteiger partial charge on any atom is 0.496 e. The number of anilines is 1. The summed E-state index contributed by atoms with van der Waals surface area (Å²) in [6.07, 6.45) is 1.68. The fourth-order valence-corrected chi connectivity index (χ4v) is 3.29. The molecule has 1 aromatic carbocycles. The van der Waals surface area contributed by atoms with E-state index in [-0.39, 0.29) is 24.9 Å². The molecule has 0 bridgehead atoms. The van der Waals surface area contributed by atoms with Crippen molar-refractivity contribution in [3.8, 4) is 0 Å². The lowest BCUT2D eigenvalue weighted by Gasteiger charge is -2.39. The van der Waals surface area contributed by atoms with Crippen LogP contribution in [0.2, 0.25) is 0 Å². The summed E-state index contributed by atoms with van der Waals surface area (Å²) >= 11 is 0. The third-order valence-corrected chi connectivity index (χ3v) is 6.04. The van der Waals surface area contributed by atoms with Crippen molar-refractivity contribution in [2.75, 3.05) is 18.5 Å². The Bertz CT molecular complexity index is 895. The number of halogens is 1. The highest BCUT2D eigenvalue weighted by molar-refractivity contribution is 6.62. The first kappa shape index (κ1) is 20.0. The lowest BCUT2D eigenvalue weighted by Crippen LogP contribution is -2.56. The standard InChI is InChI=1S/C21H24BFN2O4/c1-19(2)20(3,4)29-22(28-19)14-5-10-17(24-11-14)21(12-27-13-21)18(26)25-16-8-6-15(23)7-9-16/h5-11H,12-13H2,1-4H3,(H,25,26). The molecule has 152 valence electrons. The Labute approximate surface area is 169 Å². The van der Waals surface area contributed by atoms with Crippen molar-refractivity contribution in [3.05, 3.63) is 54.1 Å². The molecule has 1 N–H and O–H groups in total. The molecule has 0 radical (unpaired) electrons. The van der Waals surface area contributed by atoms with Gasteiger partial charge in [-0.05, 0) is 58.0 Å². The van der Waals surface area contributed by atoms with Crippen LogP contribution in [-0.4, -0.2) is 42.4 Å². The fourth-order valence-electron chi connectivity index (χ4n) is 3.29. The first-order valence-corrected chi connectivity index (χ1v) is 9.60. The van der Waals surface area contributed by atoms with Gasteiger partial charge in [-0.2, -0.15) is 0 Å². The van der Waals surface area contributed by atoms with E-state index in [1.807, 2.05) is 39.8 Å². The van der Waals surface area contributed by atoms with E-state index in [1.54, 1.807) is 6.20 Å². The number of nitrogens with zero attached hydrogens (tertiary/aromatic N) is 1. The normalized spacial score (nSPS) is 21.5.